The second-order valence-electron chi connectivity index (χ2n) is 5.39. The Labute approximate surface area is 92.7 Å². The molecule has 0 saturated heterocycles. The highest BCUT2D eigenvalue weighted by Crippen LogP contribution is 2.21. The molecule has 0 aliphatic rings. The van der Waals surface area contributed by atoms with Crippen LogP contribution in [0.2, 0.25) is 0 Å². The molecule has 0 N–H and O–H groups in total. The maximum absolute atomic E-state index is 5.63. The van der Waals surface area contributed by atoms with Crippen LogP contribution in [0.15, 0.2) is 18.3 Å². The lowest BCUT2D eigenvalue weighted by Crippen LogP contribution is -2.11. The Morgan fingerprint density at radius 3 is 2.53 bits per heavy atom. The van der Waals surface area contributed by atoms with Gasteiger partial charge in [0, 0.05) is 18.0 Å². The van der Waals surface area contributed by atoms with Gasteiger partial charge in [0.15, 0.2) is 0 Å². The summed E-state index contributed by atoms with van der Waals surface area (Å²) in [5.41, 5.74) is 1.37. The highest BCUT2D eigenvalue weighted by atomic mass is 16.5. The molecule has 0 saturated carbocycles. The first-order chi connectivity index (χ1) is 6.87. The van der Waals surface area contributed by atoms with Gasteiger partial charge in [-0.1, -0.05) is 20.8 Å². The molecule has 0 spiro atoms. The van der Waals surface area contributed by atoms with Crippen molar-refractivity contribution in [1.82, 2.24) is 4.98 Å². The SMILES string of the molecule is CC(C)Oc1ccnc(CC(C)(C)C)c1. The van der Waals surface area contributed by atoms with Crippen molar-refractivity contribution < 1.29 is 4.74 Å². The standard InChI is InChI=1S/C13H21NO/c1-10(2)15-12-6-7-14-11(8-12)9-13(3,4)5/h6-8,10H,9H2,1-5H3. The minimum atomic E-state index is 0.217. The maximum Gasteiger partial charge on any atom is 0.123 e. The van der Waals surface area contributed by atoms with E-state index in [0.717, 1.165) is 17.9 Å². The molecule has 0 radical (unpaired) electrons. The third-order valence-corrected chi connectivity index (χ3v) is 1.87. The monoisotopic (exact) mass is 207 g/mol. The van der Waals surface area contributed by atoms with Gasteiger partial charge in [-0.2, -0.15) is 0 Å². The Bertz CT molecular complexity index is 313. The molecule has 0 unspecified atom stereocenters. The molecular formula is C13H21NO. The minimum absolute atomic E-state index is 0.217. The number of nitrogens with zero attached hydrogens (tertiary/aromatic N) is 1. The van der Waals surface area contributed by atoms with Crippen LogP contribution in [0.4, 0.5) is 0 Å². The van der Waals surface area contributed by atoms with Crippen LogP contribution in [0.1, 0.15) is 40.3 Å². The molecule has 1 aromatic heterocycles. The summed E-state index contributed by atoms with van der Waals surface area (Å²) in [5, 5.41) is 0. The quantitative estimate of drug-likeness (QED) is 0.757. The van der Waals surface area contributed by atoms with Gasteiger partial charge in [-0.3, -0.25) is 4.98 Å². The van der Waals surface area contributed by atoms with E-state index in [1.165, 1.54) is 0 Å². The first-order valence-corrected chi connectivity index (χ1v) is 5.48. The van der Waals surface area contributed by atoms with Gasteiger partial charge in [0.05, 0.1) is 6.10 Å². The van der Waals surface area contributed by atoms with E-state index in [-0.39, 0.29) is 11.5 Å². The van der Waals surface area contributed by atoms with Crippen molar-refractivity contribution in [3.05, 3.63) is 24.0 Å². The number of ether oxygens (including phenoxy) is 1. The van der Waals surface area contributed by atoms with E-state index in [9.17, 15) is 0 Å². The van der Waals surface area contributed by atoms with Gasteiger partial charge in [0.25, 0.3) is 0 Å². The molecule has 84 valence electrons. The normalized spacial score (nSPS) is 11.9. The van der Waals surface area contributed by atoms with Crippen molar-refractivity contribution in [3.8, 4) is 5.75 Å². The summed E-state index contributed by atoms with van der Waals surface area (Å²) in [5.74, 6) is 0.916. The van der Waals surface area contributed by atoms with Crippen molar-refractivity contribution in [2.24, 2.45) is 5.41 Å². The number of pyridine rings is 1. The van der Waals surface area contributed by atoms with Crippen LogP contribution in [-0.4, -0.2) is 11.1 Å². The highest BCUT2D eigenvalue weighted by Gasteiger charge is 2.12. The van der Waals surface area contributed by atoms with Crippen LogP contribution in [0.5, 0.6) is 5.75 Å². The number of hydrogen-bond acceptors (Lipinski definition) is 2. The van der Waals surface area contributed by atoms with E-state index in [1.807, 2.05) is 32.2 Å². The molecule has 2 heteroatoms. The van der Waals surface area contributed by atoms with Crippen molar-refractivity contribution in [3.63, 3.8) is 0 Å². The Morgan fingerprint density at radius 1 is 1.33 bits per heavy atom. The molecule has 2 nitrogen and oxygen atoms in total. The van der Waals surface area contributed by atoms with E-state index in [1.54, 1.807) is 0 Å². The van der Waals surface area contributed by atoms with E-state index >= 15 is 0 Å². The Balaban J connectivity index is 2.74. The van der Waals surface area contributed by atoms with Crippen LogP contribution in [-0.2, 0) is 6.42 Å². The van der Waals surface area contributed by atoms with Crippen molar-refractivity contribution in [2.75, 3.05) is 0 Å². The third-order valence-electron chi connectivity index (χ3n) is 1.87. The molecule has 1 rings (SSSR count). The topological polar surface area (TPSA) is 22.1 Å². The summed E-state index contributed by atoms with van der Waals surface area (Å²) in [6.45, 7) is 10.7. The Morgan fingerprint density at radius 2 is 2.00 bits per heavy atom. The molecule has 0 fully saturated rings. The van der Waals surface area contributed by atoms with Crippen LogP contribution >= 0.6 is 0 Å². The Hall–Kier alpha value is -1.05. The van der Waals surface area contributed by atoms with Crippen molar-refractivity contribution in [2.45, 2.75) is 47.1 Å². The van der Waals surface area contributed by atoms with E-state index in [2.05, 4.69) is 25.8 Å². The lowest BCUT2D eigenvalue weighted by atomic mass is 9.90. The molecule has 15 heavy (non-hydrogen) atoms. The fourth-order valence-electron chi connectivity index (χ4n) is 1.44. The van der Waals surface area contributed by atoms with Gasteiger partial charge in [-0.15, -0.1) is 0 Å². The second-order valence-corrected chi connectivity index (χ2v) is 5.39. The molecule has 0 bridgehead atoms. The molecule has 0 amide bonds. The summed E-state index contributed by atoms with van der Waals surface area (Å²) in [4.78, 5) is 4.35. The van der Waals surface area contributed by atoms with Gasteiger partial charge < -0.3 is 4.74 Å². The van der Waals surface area contributed by atoms with E-state index in [4.69, 9.17) is 4.74 Å². The van der Waals surface area contributed by atoms with E-state index in [0.29, 0.717) is 0 Å². The predicted molar refractivity (Wildman–Crippen MR) is 63.2 cm³/mol. The largest absolute Gasteiger partial charge is 0.491 e. The maximum atomic E-state index is 5.63. The van der Waals surface area contributed by atoms with E-state index < -0.39 is 0 Å². The highest BCUT2D eigenvalue weighted by molar-refractivity contribution is 5.23. The number of hydrogen-bond donors (Lipinski definition) is 0. The average Bonchev–Trinajstić information content (AvgIpc) is 1.99. The van der Waals surface area contributed by atoms with Gasteiger partial charge in [-0.25, -0.2) is 0 Å². The second kappa shape index (κ2) is 4.65. The number of aromatic nitrogens is 1. The van der Waals surface area contributed by atoms with Crippen LogP contribution in [0, 0.1) is 5.41 Å². The summed E-state index contributed by atoms with van der Waals surface area (Å²) >= 11 is 0. The Kier molecular flexibility index (Phi) is 3.72. The molecule has 0 aliphatic heterocycles. The minimum Gasteiger partial charge on any atom is -0.491 e. The lowest BCUT2D eigenvalue weighted by Gasteiger charge is -2.18. The fraction of sp³-hybridized carbons (Fsp3) is 0.615. The molecule has 0 aromatic carbocycles. The number of rotatable bonds is 3. The van der Waals surface area contributed by atoms with Gasteiger partial charge in [-0.05, 0) is 31.7 Å². The third kappa shape index (κ3) is 4.82. The zero-order valence-corrected chi connectivity index (χ0v) is 10.4. The lowest BCUT2D eigenvalue weighted by molar-refractivity contribution is 0.241. The van der Waals surface area contributed by atoms with Crippen LogP contribution in [0.3, 0.4) is 0 Å². The van der Waals surface area contributed by atoms with Crippen molar-refractivity contribution >= 4 is 0 Å². The molecule has 0 aliphatic carbocycles. The van der Waals surface area contributed by atoms with Crippen LogP contribution in [0.25, 0.3) is 0 Å². The summed E-state index contributed by atoms with van der Waals surface area (Å²) < 4.78 is 5.63. The summed E-state index contributed by atoms with van der Waals surface area (Å²) in [7, 11) is 0. The van der Waals surface area contributed by atoms with Gasteiger partial charge >= 0.3 is 0 Å². The molecular weight excluding hydrogens is 186 g/mol. The van der Waals surface area contributed by atoms with Gasteiger partial charge in [0.1, 0.15) is 5.75 Å². The molecule has 0 atom stereocenters. The zero-order valence-electron chi connectivity index (χ0n) is 10.4. The fourth-order valence-corrected chi connectivity index (χ4v) is 1.44. The summed E-state index contributed by atoms with van der Waals surface area (Å²) in [6.07, 6.45) is 3.01. The first-order valence-electron chi connectivity index (χ1n) is 5.48. The molecule has 1 heterocycles. The molecule has 1 aromatic rings. The average molecular weight is 207 g/mol. The van der Waals surface area contributed by atoms with Crippen LogP contribution < -0.4 is 4.74 Å². The zero-order chi connectivity index (χ0) is 11.5. The van der Waals surface area contributed by atoms with Gasteiger partial charge in [0.2, 0.25) is 0 Å². The first kappa shape index (κ1) is 12.0. The predicted octanol–water partition coefficient (Wildman–Crippen LogP) is 3.46. The summed E-state index contributed by atoms with van der Waals surface area (Å²) in [6, 6.07) is 3.94. The van der Waals surface area contributed by atoms with Crippen molar-refractivity contribution in [1.29, 1.82) is 0 Å². The smallest absolute Gasteiger partial charge is 0.123 e.